The minimum Gasteiger partial charge on any atom is -0.481 e. The Kier molecular flexibility index (Phi) is 3.80. The molecule has 2 rings (SSSR count). The van der Waals surface area contributed by atoms with Crippen molar-refractivity contribution in [3.05, 3.63) is 33.7 Å². The fourth-order valence-electron chi connectivity index (χ4n) is 1.30. The zero-order chi connectivity index (χ0) is 12.3. The normalized spacial score (nSPS) is 10.8. The number of carboxylic acid groups (broad SMARTS) is 1. The summed E-state index contributed by atoms with van der Waals surface area (Å²) in [5.74, 6) is 0.289. The lowest BCUT2D eigenvalue weighted by Gasteiger charge is -2.00. The molecule has 0 amide bonds. The molecule has 0 radical (unpaired) electrons. The van der Waals surface area contributed by atoms with Gasteiger partial charge in [0.1, 0.15) is 0 Å². The van der Waals surface area contributed by atoms with Gasteiger partial charge in [0, 0.05) is 29.1 Å². The Morgan fingerprint density at radius 1 is 1.59 bits per heavy atom. The van der Waals surface area contributed by atoms with Crippen LogP contribution in [0.4, 0.5) is 0 Å². The van der Waals surface area contributed by atoms with Crippen LogP contribution in [-0.4, -0.2) is 26.2 Å². The third-order valence-corrected chi connectivity index (χ3v) is 3.82. The molecule has 0 saturated heterocycles. The topological polar surface area (TPSA) is 71.7 Å². The minimum absolute atomic E-state index is 0.0925. The third kappa shape index (κ3) is 3.07. The van der Waals surface area contributed by atoms with E-state index in [-0.39, 0.29) is 12.0 Å². The van der Waals surface area contributed by atoms with Gasteiger partial charge >= 0.3 is 5.97 Å². The molecular weight excluding hydrogens is 260 g/mol. The van der Waals surface area contributed by atoms with E-state index < -0.39 is 5.97 Å². The summed E-state index contributed by atoms with van der Waals surface area (Å²) >= 11 is 2.88. The molecule has 5 nitrogen and oxygen atoms in total. The maximum atomic E-state index is 11.6. The number of nitrogens with zero attached hydrogens (tertiary/aromatic N) is 2. The van der Waals surface area contributed by atoms with Crippen LogP contribution in [0.3, 0.4) is 0 Å². The first-order valence-electron chi connectivity index (χ1n) is 4.92. The largest absolute Gasteiger partial charge is 0.481 e. The van der Waals surface area contributed by atoms with Crippen LogP contribution in [0, 0.1) is 0 Å². The van der Waals surface area contributed by atoms with Crippen molar-refractivity contribution in [2.45, 2.75) is 12.2 Å². The van der Waals surface area contributed by atoms with E-state index in [1.165, 1.54) is 33.6 Å². The second-order valence-electron chi connectivity index (χ2n) is 3.34. The molecule has 0 saturated carbocycles. The SMILES string of the molecule is O=C(O)CCSCc1cc(=O)n2ccsc2n1. The van der Waals surface area contributed by atoms with Crippen molar-refractivity contribution >= 4 is 34.0 Å². The second-order valence-corrected chi connectivity index (χ2v) is 5.32. The van der Waals surface area contributed by atoms with Gasteiger partial charge in [0.05, 0.1) is 12.1 Å². The number of carboxylic acids is 1. The molecule has 17 heavy (non-hydrogen) atoms. The summed E-state index contributed by atoms with van der Waals surface area (Å²) in [5.41, 5.74) is 0.609. The molecular formula is C10H10N2O3S2. The third-order valence-electron chi connectivity index (χ3n) is 2.07. The van der Waals surface area contributed by atoms with Crippen LogP contribution in [0.2, 0.25) is 0 Å². The van der Waals surface area contributed by atoms with Crippen LogP contribution in [0.25, 0.3) is 4.96 Å². The molecule has 0 aliphatic carbocycles. The smallest absolute Gasteiger partial charge is 0.304 e. The van der Waals surface area contributed by atoms with Crippen LogP contribution in [0.15, 0.2) is 22.4 Å². The Bertz CT molecular complexity index is 590. The molecule has 0 atom stereocenters. The first-order chi connectivity index (χ1) is 8.16. The molecule has 90 valence electrons. The van der Waals surface area contributed by atoms with Crippen molar-refractivity contribution < 1.29 is 9.90 Å². The average molecular weight is 270 g/mol. The van der Waals surface area contributed by atoms with Gasteiger partial charge in [-0.3, -0.25) is 14.0 Å². The minimum atomic E-state index is -0.806. The Labute approximate surface area is 105 Å². The number of fused-ring (bicyclic) bond motifs is 1. The number of carbonyl (C=O) groups is 1. The monoisotopic (exact) mass is 270 g/mol. The van der Waals surface area contributed by atoms with Gasteiger partial charge in [-0.15, -0.1) is 11.3 Å². The first-order valence-corrected chi connectivity index (χ1v) is 6.95. The van der Waals surface area contributed by atoms with E-state index in [2.05, 4.69) is 4.98 Å². The number of rotatable bonds is 5. The van der Waals surface area contributed by atoms with Gasteiger partial charge < -0.3 is 5.11 Å². The predicted octanol–water partition coefficient (Wildman–Crippen LogP) is 1.46. The Morgan fingerprint density at radius 2 is 2.41 bits per heavy atom. The van der Waals surface area contributed by atoms with Gasteiger partial charge in [0.2, 0.25) is 0 Å². The summed E-state index contributed by atoms with van der Waals surface area (Å²) in [5, 5.41) is 10.3. The van der Waals surface area contributed by atoms with Crippen LogP contribution in [-0.2, 0) is 10.5 Å². The van der Waals surface area contributed by atoms with E-state index in [4.69, 9.17) is 5.11 Å². The van der Waals surface area contributed by atoms with Crippen molar-refractivity contribution in [2.75, 3.05) is 5.75 Å². The Balaban J connectivity index is 2.04. The molecule has 1 N–H and O–H groups in total. The number of thiazole rings is 1. The standard InChI is InChI=1S/C10H10N2O3S2/c13-8-5-7(6-16-3-1-9(14)15)11-10-12(8)2-4-17-10/h2,4-5H,1,3,6H2,(H,14,15). The zero-order valence-electron chi connectivity index (χ0n) is 8.83. The highest BCUT2D eigenvalue weighted by molar-refractivity contribution is 7.98. The van der Waals surface area contributed by atoms with Crippen LogP contribution in [0.5, 0.6) is 0 Å². The molecule has 2 aromatic rings. The molecule has 0 fully saturated rings. The Morgan fingerprint density at radius 3 is 3.18 bits per heavy atom. The maximum absolute atomic E-state index is 11.6. The van der Waals surface area contributed by atoms with Gasteiger partial charge in [-0.2, -0.15) is 11.8 Å². The summed E-state index contributed by atoms with van der Waals surface area (Å²) in [6.07, 6.45) is 1.82. The van der Waals surface area contributed by atoms with E-state index in [9.17, 15) is 9.59 Å². The van der Waals surface area contributed by atoms with Gasteiger partial charge in [-0.25, -0.2) is 4.98 Å². The van der Waals surface area contributed by atoms with E-state index in [1.807, 2.05) is 5.38 Å². The van der Waals surface area contributed by atoms with Crippen LogP contribution in [0.1, 0.15) is 12.1 Å². The number of aliphatic carboxylic acids is 1. The molecule has 2 aromatic heterocycles. The van der Waals surface area contributed by atoms with Crippen molar-refractivity contribution in [1.82, 2.24) is 9.38 Å². The van der Waals surface area contributed by atoms with Gasteiger partial charge in [0.15, 0.2) is 4.96 Å². The highest BCUT2D eigenvalue weighted by Gasteiger charge is 2.04. The van der Waals surface area contributed by atoms with Gasteiger partial charge in [-0.05, 0) is 0 Å². The molecule has 7 heteroatoms. The maximum Gasteiger partial charge on any atom is 0.304 e. The van der Waals surface area contributed by atoms with Gasteiger partial charge in [0.25, 0.3) is 5.56 Å². The summed E-state index contributed by atoms with van der Waals surface area (Å²) in [6.45, 7) is 0. The highest BCUT2D eigenvalue weighted by atomic mass is 32.2. The summed E-state index contributed by atoms with van der Waals surface area (Å²) in [6, 6.07) is 1.49. The van der Waals surface area contributed by atoms with Crippen molar-refractivity contribution in [2.24, 2.45) is 0 Å². The van der Waals surface area contributed by atoms with Crippen molar-refractivity contribution in [3.8, 4) is 0 Å². The average Bonchev–Trinajstić information content (AvgIpc) is 2.72. The lowest BCUT2D eigenvalue weighted by molar-refractivity contribution is -0.136. The first kappa shape index (κ1) is 12.1. The van der Waals surface area contributed by atoms with E-state index in [1.54, 1.807) is 6.20 Å². The van der Waals surface area contributed by atoms with E-state index >= 15 is 0 Å². The molecule has 0 aliphatic heterocycles. The molecule has 0 bridgehead atoms. The second kappa shape index (κ2) is 5.33. The van der Waals surface area contributed by atoms with E-state index in [0.717, 1.165) is 0 Å². The molecule has 0 aromatic carbocycles. The molecule has 0 aliphatic rings. The van der Waals surface area contributed by atoms with Crippen LogP contribution >= 0.6 is 23.1 Å². The van der Waals surface area contributed by atoms with Crippen LogP contribution < -0.4 is 5.56 Å². The number of hydrogen-bond donors (Lipinski definition) is 1. The predicted molar refractivity (Wildman–Crippen MR) is 67.8 cm³/mol. The van der Waals surface area contributed by atoms with E-state index in [0.29, 0.717) is 22.2 Å². The molecule has 2 heterocycles. The number of aromatic nitrogens is 2. The van der Waals surface area contributed by atoms with Crippen molar-refractivity contribution in [3.63, 3.8) is 0 Å². The summed E-state index contributed by atoms with van der Waals surface area (Å²) in [7, 11) is 0. The fourth-order valence-corrected chi connectivity index (χ4v) is 2.86. The quantitative estimate of drug-likeness (QED) is 0.833. The number of hydrogen-bond acceptors (Lipinski definition) is 5. The molecule has 0 unspecified atom stereocenters. The Hall–Kier alpha value is -1.34. The molecule has 0 spiro atoms. The fraction of sp³-hybridized carbons (Fsp3) is 0.300. The van der Waals surface area contributed by atoms with Crippen molar-refractivity contribution in [1.29, 1.82) is 0 Å². The van der Waals surface area contributed by atoms with Gasteiger partial charge in [-0.1, -0.05) is 0 Å². The summed E-state index contributed by atoms with van der Waals surface area (Å²) in [4.78, 5) is 27.0. The zero-order valence-corrected chi connectivity index (χ0v) is 10.5. The lowest BCUT2D eigenvalue weighted by atomic mass is 10.4. The summed E-state index contributed by atoms with van der Waals surface area (Å²) < 4.78 is 1.50. The highest BCUT2D eigenvalue weighted by Crippen LogP contribution is 2.12. The number of thioether (sulfide) groups is 1. The lowest BCUT2D eigenvalue weighted by Crippen LogP contribution is -2.12.